The molecule has 1 heterocycles. The minimum Gasteiger partial charge on any atom is -0.295 e. The largest absolute Gasteiger partial charge is 0.295 e. The van der Waals surface area contributed by atoms with E-state index >= 15 is 0 Å². The average Bonchev–Trinajstić information content (AvgIpc) is 2.62. The van der Waals surface area contributed by atoms with Crippen LogP contribution in [0.25, 0.3) is 0 Å². The van der Waals surface area contributed by atoms with Crippen molar-refractivity contribution < 1.29 is 4.79 Å². The Kier molecular flexibility index (Phi) is 4.47. The molecule has 0 fully saturated rings. The molecule has 0 spiro atoms. The molecule has 1 aromatic carbocycles. The Labute approximate surface area is 125 Å². The van der Waals surface area contributed by atoms with Gasteiger partial charge in [0.05, 0.1) is 15.9 Å². The Morgan fingerprint density at radius 2 is 2.00 bits per heavy atom. The highest BCUT2D eigenvalue weighted by atomic mass is 79.9. The molecule has 2 rings (SSSR count). The van der Waals surface area contributed by atoms with Gasteiger partial charge in [0.2, 0.25) is 0 Å². The van der Waals surface area contributed by atoms with E-state index in [2.05, 4.69) is 21.0 Å². The summed E-state index contributed by atoms with van der Waals surface area (Å²) in [6, 6.07) is 7.71. The third-order valence-electron chi connectivity index (χ3n) is 2.90. The van der Waals surface area contributed by atoms with Crippen LogP contribution in [0, 0.1) is 6.92 Å². The summed E-state index contributed by atoms with van der Waals surface area (Å²) in [6.07, 6.45) is 0. The van der Waals surface area contributed by atoms with Gasteiger partial charge in [-0.1, -0.05) is 12.1 Å². The van der Waals surface area contributed by atoms with Crippen LogP contribution >= 0.6 is 27.7 Å². The highest BCUT2D eigenvalue weighted by Gasteiger charge is 2.10. The van der Waals surface area contributed by atoms with Crippen molar-refractivity contribution in [2.45, 2.75) is 24.5 Å². The van der Waals surface area contributed by atoms with Gasteiger partial charge in [0.25, 0.3) is 0 Å². The van der Waals surface area contributed by atoms with E-state index in [0.29, 0.717) is 0 Å². The lowest BCUT2D eigenvalue weighted by molar-refractivity contribution is 0.101. The highest BCUT2D eigenvalue weighted by molar-refractivity contribution is 9.10. The zero-order valence-corrected chi connectivity index (χ0v) is 13.5. The molecule has 0 aliphatic rings. The molecule has 100 valence electrons. The van der Waals surface area contributed by atoms with Gasteiger partial charge in [-0.15, -0.1) is 11.8 Å². The molecule has 0 aliphatic heterocycles. The molecule has 0 aliphatic carbocycles. The van der Waals surface area contributed by atoms with Crippen molar-refractivity contribution in [3.8, 4) is 0 Å². The van der Waals surface area contributed by atoms with Crippen molar-refractivity contribution in [3.63, 3.8) is 0 Å². The van der Waals surface area contributed by atoms with E-state index in [-0.39, 0.29) is 5.78 Å². The number of benzene rings is 1. The summed E-state index contributed by atoms with van der Waals surface area (Å²) in [5, 5.41) is 4.37. The third-order valence-corrected chi connectivity index (χ3v) is 4.95. The number of aromatic nitrogens is 2. The SMILES string of the molecule is CC(=O)c1ccc(SCc2c(Br)c(C)nn2C)cc1. The van der Waals surface area contributed by atoms with Gasteiger partial charge < -0.3 is 0 Å². The number of aryl methyl sites for hydroxylation is 2. The summed E-state index contributed by atoms with van der Waals surface area (Å²) in [4.78, 5) is 12.4. The Balaban J connectivity index is 2.08. The third kappa shape index (κ3) is 3.28. The molecular formula is C14H15BrN2OS. The predicted octanol–water partition coefficient (Wildman–Crippen LogP) is 3.99. The molecule has 0 saturated heterocycles. The van der Waals surface area contributed by atoms with Gasteiger partial charge in [-0.25, -0.2) is 0 Å². The number of hydrogen-bond donors (Lipinski definition) is 0. The van der Waals surface area contributed by atoms with E-state index < -0.39 is 0 Å². The first-order chi connectivity index (χ1) is 8.99. The van der Waals surface area contributed by atoms with Crippen LogP contribution in [0.15, 0.2) is 33.6 Å². The average molecular weight is 339 g/mol. The normalized spacial score (nSPS) is 10.7. The fraction of sp³-hybridized carbons (Fsp3) is 0.286. The molecule has 19 heavy (non-hydrogen) atoms. The number of halogens is 1. The zero-order valence-electron chi connectivity index (χ0n) is 11.1. The highest BCUT2D eigenvalue weighted by Crippen LogP contribution is 2.28. The van der Waals surface area contributed by atoms with Crippen LogP contribution in [-0.4, -0.2) is 15.6 Å². The topological polar surface area (TPSA) is 34.9 Å². The fourth-order valence-corrected chi connectivity index (χ4v) is 3.40. The Hall–Kier alpha value is -1.07. The minimum atomic E-state index is 0.0987. The van der Waals surface area contributed by atoms with E-state index in [1.54, 1.807) is 18.7 Å². The number of rotatable bonds is 4. The van der Waals surface area contributed by atoms with Crippen molar-refractivity contribution in [1.29, 1.82) is 0 Å². The van der Waals surface area contributed by atoms with E-state index in [1.165, 1.54) is 0 Å². The summed E-state index contributed by atoms with van der Waals surface area (Å²) in [5.74, 6) is 0.943. The molecule has 3 nitrogen and oxygen atoms in total. The predicted molar refractivity (Wildman–Crippen MR) is 81.7 cm³/mol. The summed E-state index contributed by atoms with van der Waals surface area (Å²) in [7, 11) is 1.95. The van der Waals surface area contributed by atoms with Crippen molar-refractivity contribution >= 4 is 33.5 Å². The standard InChI is InChI=1S/C14H15BrN2OS/c1-9-14(15)13(17(3)16-9)8-19-12-6-4-11(5-7-12)10(2)18/h4-7H,8H2,1-3H3. The number of Topliss-reactive ketones (excluding diaryl/α,β-unsaturated/α-hetero) is 1. The number of nitrogens with zero attached hydrogens (tertiary/aromatic N) is 2. The summed E-state index contributed by atoms with van der Waals surface area (Å²) >= 11 is 5.30. The van der Waals surface area contributed by atoms with Gasteiger partial charge in [-0.3, -0.25) is 9.48 Å². The fourth-order valence-electron chi connectivity index (χ4n) is 1.77. The number of thioether (sulfide) groups is 1. The second-order valence-electron chi connectivity index (χ2n) is 4.34. The van der Waals surface area contributed by atoms with Gasteiger partial charge >= 0.3 is 0 Å². The Morgan fingerprint density at radius 1 is 1.37 bits per heavy atom. The van der Waals surface area contributed by atoms with E-state index in [0.717, 1.165) is 32.1 Å². The maximum Gasteiger partial charge on any atom is 0.159 e. The molecule has 0 amide bonds. The molecule has 0 bridgehead atoms. The lowest BCUT2D eigenvalue weighted by Crippen LogP contribution is -1.96. The number of carbonyl (C=O) groups is 1. The van der Waals surface area contributed by atoms with Crippen molar-refractivity contribution in [2.24, 2.45) is 7.05 Å². The lowest BCUT2D eigenvalue weighted by atomic mass is 10.2. The molecule has 0 saturated carbocycles. The van der Waals surface area contributed by atoms with E-state index in [4.69, 9.17) is 0 Å². The maximum absolute atomic E-state index is 11.2. The molecule has 0 atom stereocenters. The second-order valence-corrected chi connectivity index (χ2v) is 6.18. The van der Waals surface area contributed by atoms with Crippen LogP contribution < -0.4 is 0 Å². The smallest absolute Gasteiger partial charge is 0.159 e. The molecule has 0 N–H and O–H groups in total. The van der Waals surface area contributed by atoms with Gasteiger partial charge in [-0.2, -0.15) is 5.10 Å². The molecule has 5 heteroatoms. The summed E-state index contributed by atoms with van der Waals surface area (Å²) in [5.41, 5.74) is 2.92. The quantitative estimate of drug-likeness (QED) is 0.624. The number of ketones is 1. The van der Waals surface area contributed by atoms with Gasteiger partial charge in [0, 0.05) is 23.3 Å². The van der Waals surface area contributed by atoms with Crippen molar-refractivity contribution in [2.75, 3.05) is 0 Å². The zero-order chi connectivity index (χ0) is 14.0. The number of carbonyl (C=O) groups excluding carboxylic acids is 1. The Bertz CT molecular complexity index is 605. The summed E-state index contributed by atoms with van der Waals surface area (Å²) in [6.45, 7) is 3.57. The van der Waals surface area contributed by atoms with Crippen LogP contribution in [0.4, 0.5) is 0 Å². The van der Waals surface area contributed by atoms with Gasteiger partial charge in [0.15, 0.2) is 5.78 Å². The lowest BCUT2D eigenvalue weighted by Gasteiger charge is -2.04. The van der Waals surface area contributed by atoms with Crippen LogP contribution in [0.3, 0.4) is 0 Å². The van der Waals surface area contributed by atoms with Crippen molar-refractivity contribution in [1.82, 2.24) is 9.78 Å². The molecule has 0 radical (unpaired) electrons. The number of hydrogen-bond acceptors (Lipinski definition) is 3. The van der Waals surface area contributed by atoms with Crippen LogP contribution in [0.2, 0.25) is 0 Å². The van der Waals surface area contributed by atoms with Gasteiger partial charge in [0.1, 0.15) is 0 Å². The first-order valence-electron chi connectivity index (χ1n) is 5.91. The summed E-state index contributed by atoms with van der Waals surface area (Å²) < 4.78 is 2.97. The van der Waals surface area contributed by atoms with E-state index in [9.17, 15) is 4.79 Å². The monoisotopic (exact) mass is 338 g/mol. The van der Waals surface area contributed by atoms with Crippen LogP contribution in [0.1, 0.15) is 28.7 Å². The van der Waals surface area contributed by atoms with Gasteiger partial charge in [-0.05, 0) is 41.9 Å². The minimum absolute atomic E-state index is 0.0987. The van der Waals surface area contributed by atoms with Crippen LogP contribution in [0.5, 0.6) is 0 Å². The second kappa shape index (κ2) is 5.92. The first-order valence-corrected chi connectivity index (χ1v) is 7.68. The maximum atomic E-state index is 11.2. The Morgan fingerprint density at radius 3 is 2.47 bits per heavy atom. The molecular weight excluding hydrogens is 324 g/mol. The first kappa shape index (κ1) is 14.3. The molecule has 2 aromatic rings. The molecule has 1 aromatic heterocycles. The molecule has 0 unspecified atom stereocenters. The van der Waals surface area contributed by atoms with Crippen molar-refractivity contribution in [3.05, 3.63) is 45.7 Å². The van der Waals surface area contributed by atoms with E-state index in [1.807, 2.05) is 42.9 Å². The van der Waals surface area contributed by atoms with Crippen LogP contribution in [-0.2, 0) is 12.8 Å².